The van der Waals surface area contributed by atoms with Crippen molar-refractivity contribution < 1.29 is 32.5 Å². The number of pyridine rings is 1. The Hall–Kier alpha value is -1.75. The molecule has 0 aliphatic carbocycles. The van der Waals surface area contributed by atoms with Crippen molar-refractivity contribution in [3.05, 3.63) is 12.1 Å². The van der Waals surface area contributed by atoms with Gasteiger partial charge in [-0.25, -0.2) is 0 Å². The molecule has 0 aromatic carbocycles. The average molecular weight is 400 g/mol. The van der Waals surface area contributed by atoms with Gasteiger partial charge in [0.25, 0.3) is 10.0 Å². The number of nitrogens with zero attached hydrogens (tertiary/aromatic N) is 2. The van der Waals surface area contributed by atoms with Crippen LogP contribution < -0.4 is 9.47 Å². The zero-order valence-corrected chi connectivity index (χ0v) is 15.8. The molecule has 27 heavy (non-hydrogen) atoms. The van der Waals surface area contributed by atoms with E-state index in [1.807, 2.05) is 0 Å². The number of hydrogen-bond acceptors (Lipinski definition) is 8. The number of aromatic nitrogens is 1. The van der Waals surface area contributed by atoms with Crippen LogP contribution in [0.3, 0.4) is 0 Å². The molecular formula is C17H24N2O7S. The minimum Gasteiger partial charge on any atom is -0.477 e. The predicted molar refractivity (Wildman–Crippen MR) is 96.0 cm³/mol. The molecule has 3 heterocycles. The van der Waals surface area contributed by atoms with Gasteiger partial charge in [-0.1, -0.05) is 0 Å². The first-order valence-electron chi connectivity index (χ1n) is 8.95. The van der Waals surface area contributed by atoms with Gasteiger partial charge in [0.2, 0.25) is 11.8 Å². The van der Waals surface area contributed by atoms with Gasteiger partial charge in [-0.15, -0.1) is 0 Å². The highest BCUT2D eigenvalue weighted by atomic mass is 32.2. The molecule has 0 radical (unpaired) electrons. The molecule has 1 saturated heterocycles. The topological polar surface area (TPSA) is 117 Å². The van der Waals surface area contributed by atoms with Crippen molar-refractivity contribution in [1.82, 2.24) is 4.98 Å². The number of fused-ring (bicyclic) bond motifs is 1. The molecule has 1 fully saturated rings. The predicted octanol–water partition coefficient (Wildman–Crippen LogP) is 0.951. The first-order chi connectivity index (χ1) is 13.0. The van der Waals surface area contributed by atoms with Crippen molar-refractivity contribution in [3.63, 3.8) is 0 Å². The minimum absolute atomic E-state index is 0.00564. The zero-order chi connectivity index (χ0) is 19.2. The summed E-state index contributed by atoms with van der Waals surface area (Å²) in [6.07, 6.45) is 3.62. The van der Waals surface area contributed by atoms with Gasteiger partial charge in [0.15, 0.2) is 10.5 Å². The highest BCUT2D eigenvalue weighted by Crippen LogP contribution is 2.35. The van der Waals surface area contributed by atoms with E-state index >= 15 is 0 Å². The van der Waals surface area contributed by atoms with Gasteiger partial charge in [-0.3, -0.25) is 0 Å². The van der Waals surface area contributed by atoms with E-state index < -0.39 is 15.6 Å². The fourth-order valence-corrected chi connectivity index (χ4v) is 3.75. The third-order valence-corrected chi connectivity index (χ3v) is 5.52. The van der Waals surface area contributed by atoms with Crippen molar-refractivity contribution in [2.75, 3.05) is 39.6 Å². The van der Waals surface area contributed by atoms with Gasteiger partial charge in [0.05, 0.1) is 26.0 Å². The summed E-state index contributed by atoms with van der Waals surface area (Å²) in [5.74, 6) is 0.287. The highest BCUT2D eigenvalue weighted by molar-refractivity contribution is 7.90. The Morgan fingerprint density at radius 3 is 2.70 bits per heavy atom. The van der Waals surface area contributed by atoms with Gasteiger partial charge in [0.1, 0.15) is 0 Å². The van der Waals surface area contributed by atoms with Gasteiger partial charge in [-0.05, 0) is 12.5 Å². The van der Waals surface area contributed by atoms with Crippen LogP contribution in [0.5, 0.6) is 11.8 Å². The molecule has 0 amide bonds. The lowest BCUT2D eigenvalue weighted by atomic mass is 9.96. The molecule has 10 heteroatoms. The normalized spacial score (nSPS) is 19.9. The Morgan fingerprint density at radius 1 is 1.15 bits per heavy atom. The van der Waals surface area contributed by atoms with Gasteiger partial charge >= 0.3 is 0 Å². The molecule has 0 bridgehead atoms. The Labute approximate surface area is 158 Å². The van der Waals surface area contributed by atoms with Crippen molar-refractivity contribution in [2.24, 2.45) is 4.40 Å². The standard InChI is InChI=1S/C17H24N2O7S/c20-7-1-8-23-9-2-10-25-15-4-3-14-16(19-15)26-17(5-11-24-12-6-17)13-18-27(14,21)22/h3-4,13,20H,1-2,5-12H2. The fourth-order valence-electron chi connectivity index (χ4n) is 2.76. The average Bonchev–Trinajstić information content (AvgIpc) is 2.76. The Kier molecular flexibility index (Phi) is 6.64. The zero-order valence-electron chi connectivity index (χ0n) is 15.0. The summed E-state index contributed by atoms with van der Waals surface area (Å²) < 4.78 is 50.8. The lowest BCUT2D eigenvalue weighted by Gasteiger charge is -2.32. The largest absolute Gasteiger partial charge is 0.477 e. The Morgan fingerprint density at radius 2 is 1.93 bits per heavy atom. The molecule has 2 aliphatic heterocycles. The van der Waals surface area contributed by atoms with E-state index in [0.717, 1.165) is 0 Å². The number of ether oxygens (including phenoxy) is 4. The van der Waals surface area contributed by atoms with E-state index in [-0.39, 0.29) is 23.3 Å². The van der Waals surface area contributed by atoms with Gasteiger partial charge < -0.3 is 24.1 Å². The molecule has 0 unspecified atom stereocenters. The van der Waals surface area contributed by atoms with Crippen molar-refractivity contribution >= 4 is 16.2 Å². The van der Waals surface area contributed by atoms with Crippen LogP contribution in [-0.2, 0) is 19.5 Å². The molecule has 9 nitrogen and oxygen atoms in total. The van der Waals surface area contributed by atoms with Crippen LogP contribution >= 0.6 is 0 Å². The van der Waals surface area contributed by atoms with Crippen LogP contribution in [0.4, 0.5) is 0 Å². The first-order valence-corrected chi connectivity index (χ1v) is 10.4. The first kappa shape index (κ1) is 20.0. The summed E-state index contributed by atoms with van der Waals surface area (Å²) in [4.78, 5) is 4.18. The fraction of sp³-hybridized carbons (Fsp3) is 0.647. The van der Waals surface area contributed by atoms with E-state index in [9.17, 15) is 8.42 Å². The second-order valence-electron chi connectivity index (χ2n) is 6.33. The number of sulfonamides is 1. The summed E-state index contributed by atoms with van der Waals surface area (Å²) in [5, 5.41) is 8.68. The summed E-state index contributed by atoms with van der Waals surface area (Å²) in [5.41, 5.74) is -0.831. The molecule has 2 aliphatic rings. The SMILES string of the molecule is O=S1(=O)N=CC2(CCOCC2)Oc2nc(OCCCOCCCO)ccc21. The second kappa shape index (κ2) is 8.96. The maximum absolute atomic E-state index is 12.4. The number of aliphatic hydroxyl groups excluding tert-OH is 1. The van der Waals surface area contributed by atoms with Crippen LogP contribution in [0.2, 0.25) is 0 Å². The molecule has 1 spiro atoms. The smallest absolute Gasteiger partial charge is 0.287 e. The molecule has 1 aromatic rings. The molecule has 150 valence electrons. The molecule has 1 N–H and O–H groups in total. The lowest BCUT2D eigenvalue weighted by molar-refractivity contribution is -0.00610. The monoisotopic (exact) mass is 400 g/mol. The van der Waals surface area contributed by atoms with Crippen LogP contribution in [0.25, 0.3) is 0 Å². The summed E-state index contributed by atoms with van der Waals surface area (Å²) >= 11 is 0. The second-order valence-corrected chi connectivity index (χ2v) is 7.93. The third kappa shape index (κ3) is 5.16. The molecule has 0 saturated carbocycles. The Bertz CT molecular complexity index is 761. The van der Waals surface area contributed by atoms with E-state index in [0.29, 0.717) is 58.7 Å². The maximum atomic E-state index is 12.4. The Balaban J connectivity index is 1.66. The van der Waals surface area contributed by atoms with Gasteiger partial charge in [0, 0.05) is 45.1 Å². The third-order valence-electron chi connectivity index (χ3n) is 4.27. The number of hydrogen-bond donors (Lipinski definition) is 1. The minimum atomic E-state index is -3.86. The van der Waals surface area contributed by atoms with Gasteiger partial charge in [-0.2, -0.15) is 17.8 Å². The quantitative estimate of drug-likeness (QED) is 0.641. The van der Waals surface area contributed by atoms with E-state index in [1.54, 1.807) is 0 Å². The van der Waals surface area contributed by atoms with Crippen molar-refractivity contribution in [1.29, 1.82) is 0 Å². The molecule has 0 atom stereocenters. The highest BCUT2D eigenvalue weighted by Gasteiger charge is 2.39. The molecule has 1 aromatic heterocycles. The summed E-state index contributed by atoms with van der Waals surface area (Å²) in [6.45, 7) is 2.42. The number of aliphatic hydroxyl groups is 1. The molecular weight excluding hydrogens is 376 g/mol. The van der Waals surface area contributed by atoms with E-state index in [4.69, 9.17) is 24.1 Å². The maximum Gasteiger partial charge on any atom is 0.287 e. The summed E-state index contributed by atoms with van der Waals surface area (Å²) in [6, 6.07) is 2.89. The van der Waals surface area contributed by atoms with Crippen LogP contribution in [-0.4, -0.2) is 70.0 Å². The van der Waals surface area contributed by atoms with Crippen LogP contribution in [0.15, 0.2) is 21.4 Å². The van der Waals surface area contributed by atoms with E-state index in [1.165, 1.54) is 18.3 Å². The van der Waals surface area contributed by atoms with Crippen LogP contribution in [0.1, 0.15) is 25.7 Å². The van der Waals surface area contributed by atoms with Crippen LogP contribution in [0, 0.1) is 0 Å². The summed E-state index contributed by atoms with van der Waals surface area (Å²) in [7, 11) is -3.86. The van der Waals surface area contributed by atoms with E-state index in [2.05, 4.69) is 9.38 Å². The van der Waals surface area contributed by atoms with Crippen molar-refractivity contribution in [2.45, 2.75) is 36.2 Å². The lowest BCUT2D eigenvalue weighted by Crippen LogP contribution is -2.43. The number of rotatable bonds is 8. The molecule has 3 rings (SSSR count). The van der Waals surface area contributed by atoms with Crippen molar-refractivity contribution in [3.8, 4) is 11.8 Å².